The number of carbonyl (C=O) groups is 1. The monoisotopic (exact) mass is 305 g/mol. The van der Waals surface area contributed by atoms with Crippen LogP contribution in [0.2, 0.25) is 0 Å². The molecule has 2 N–H and O–H groups in total. The van der Waals surface area contributed by atoms with Gasteiger partial charge in [0.15, 0.2) is 0 Å². The second-order valence-electron chi connectivity index (χ2n) is 5.87. The van der Waals surface area contributed by atoms with Crippen molar-refractivity contribution in [3.8, 4) is 0 Å². The van der Waals surface area contributed by atoms with Crippen molar-refractivity contribution in [2.75, 3.05) is 6.54 Å². The quantitative estimate of drug-likeness (QED) is 0.428. The Morgan fingerprint density at radius 1 is 0.818 bits per heavy atom. The smallest absolute Gasteiger partial charge is 0.306 e. The molecule has 0 saturated carbocycles. The predicted molar refractivity (Wildman–Crippen MR) is 91.5 cm³/mol. The van der Waals surface area contributed by atoms with Crippen LogP contribution >= 0.6 is 0 Å². The number of hydrogen-bond donors (Lipinski definition) is 1. The summed E-state index contributed by atoms with van der Waals surface area (Å²) in [4.78, 5) is 11.6. The van der Waals surface area contributed by atoms with Crippen molar-refractivity contribution in [1.29, 1.82) is 0 Å². The molecule has 0 heterocycles. The third-order valence-corrected chi connectivity index (χ3v) is 3.83. The van der Waals surface area contributed by atoms with E-state index < -0.39 is 0 Å². The Morgan fingerprint density at radius 2 is 1.36 bits per heavy atom. The second-order valence-corrected chi connectivity index (χ2v) is 5.87. The summed E-state index contributed by atoms with van der Waals surface area (Å²) in [5.41, 5.74) is 6.51. The highest BCUT2D eigenvalue weighted by atomic mass is 16.5. The second kappa shape index (κ2) is 13.3. The highest BCUT2D eigenvalue weighted by Crippen LogP contribution is 2.11. The number of unbranched alkanes of at least 4 members (excludes halogenated alkanes) is 8. The minimum atomic E-state index is -0.0781. The van der Waals surface area contributed by atoms with Crippen molar-refractivity contribution >= 4 is 5.97 Å². The summed E-state index contributed by atoms with van der Waals surface area (Å²) < 4.78 is 5.26. The van der Waals surface area contributed by atoms with Crippen molar-refractivity contribution < 1.29 is 9.53 Å². The predicted octanol–water partition coefficient (Wildman–Crippen LogP) is 4.59. The van der Waals surface area contributed by atoms with E-state index in [9.17, 15) is 4.79 Å². The van der Waals surface area contributed by atoms with Gasteiger partial charge in [-0.2, -0.15) is 0 Å². The van der Waals surface area contributed by atoms with Crippen LogP contribution in [0, 0.1) is 0 Å². The van der Waals surface area contributed by atoms with Crippen molar-refractivity contribution in [3.63, 3.8) is 0 Å². The van der Waals surface area contributed by atoms with Crippen LogP contribution in [0.3, 0.4) is 0 Å². The maximum Gasteiger partial charge on any atom is 0.306 e. The van der Waals surface area contributed by atoms with Crippen LogP contribution in [0.25, 0.3) is 0 Å². The summed E-state index contributed by atoms with van der Waals surface area (Å²) in [6.45, 7) is 1.21. The Kier molecular flexibility index (Phi) is 11.3. The molecular formula is C19H31NO2. The van der Waals surface area contributed by atoms with Crippen LogP contribution in [0.4, 0.5) is 0 Å². The van der Waals surface area contributed by atoms with Gasteiger partial charge in [-0.15, -0.1) is 0 Å². The third-order valence-electron chi connectivity index (χ3n) is 3.83. The van der Waals surface area contributed by atoms with Crippen LogP contribution < -0.4 is 5.73 Å². The summed E-state index contributed by atoms with van der Waals surface area (Å²) in [6, 6.07) is 9.82. The number of esters is 1. The van der Waals surface area contributed by atoms with Gasteiger partial charge in [0, 0.05) is 6.42 Å². The van der Waals surface area contributed by atoms with E-state index in [4.69, 9.17) is 10.5 Å². The fraction of sp³-hybridized carbons (Fsp3) is 0.632. The van der Waals surface area contributed by atoms with Gasteiger partial charge in [0.25, 0.3) is 0 Å². The van der Waals surface area contributed by atoms with Crippen LogP contribution in [-0.4, -0.2) is 12.5 Å². The summed E-state index contributed by atoms with van der Waals surface area (Å²) in [7, 11) is 0. The molecule has 3 nitrogen and oxygen atoms in total. The Labute approximate surface area is 135 Å². The lowest BCUT2D eigenvalue weighted by Gasteiger charge is -2.05. The molecule has 0 unspecified atom stereocenters. The Morgan fingerprint density at radius 3 is 1.95 bits per heavy atom. The molecule has 0 atom stereocenters. The molecule has 0 aliphatic rings. The van der Waals surface area contributed by atoms with Gasteiger partial charge in [0.1, 0.15) is 6.61 Å². The van der Waals surface area contributed by atoms with E-state index >= 15 is 0 Å². The van der Waals surface area contributed by atoms with Crippen LogP contribution in [0.15, 0.2) is 30.3 Å². The first-order valence-corrected chi connectivity index (χ1v) is 8.72. The number of benzene rings is 1. The Balaban J connectivity index is 1.87. The molecule has 0 aromatic heterocycles. The fourth-order valence-electron chi connectivity index (χ4n) is 2.46. The molecule has 1 rings (SSSR count). The SMILES string of the molecule is NCCCCCCCCCCCC(=O)OCc1ccccc1. The maximum absolute atomic E-state index is 11.6. The lowest BCUT2D eigenvalue weighted by atomic mass is 10.1. The van der Waals surface area contributed by atoms with E-state index in [0.717, 1.165) is 31.4 Å². The van der Waals surface area contributed by atoms with E-state index in [1.54, 1.807) is 0 Å². The average molecular weight is 305 g/mol. The topological polar surface area (TPSA) is 52.3 Å². The Bertz CT molecular complexity index is 378. The first-order chi connectivity index (χ1) is 10.8. The van der Waals surface area contributed by atoms with Gasteiger partial charge in [0.2, 0.25) is 0 Å². The molecule has 124 valence electrons. The zero-order valence-electron chi connectivity index (χ0n) is 13.8. The molecule has 0 amide bonds. The van der Waals surface area contributed by atoms with E-state index in [1.165, 1.54) is 38.5 Å². The van der Waals surface area contributed by atoms with Gasteiger partial charge in [-0.3, -0.25) is 4.79 Å². The minimum Gasteiger partial charge on any atom is -0.461 e. The van der Waals surface area contributed by atoms with Crippen molar-refractivity contribution in [3.05, 3.63) is 35.9 Å². The molecule has 0 aliphatic heterocycles. The van der Waals surface area contributed by atoms with Gasteiger partial charge in [-0.1, -0.05) is 75.3 Å². The van der Waals surface area contributed by atoms with Gasteiger partial charge >= 0.3 is 5.97 Å². The first-order valence-electron chi connectivity index (χ1n) is 8.72. The molecule has 0 radical (unpaired) electrons. The summed E-state index contributed by atoms with van der Waals surface area (Å²) >= 11 is 0. The van der Waals surface area contributed by atoms with E-state index in [-0.39, 0.29) is 5.97 Å². The zero-order chi connectivity index (χ0) is 15.9. The molecular weight excluding hydrogens is 274 g/mol. The van der Waals surface area contributed by atoms with Gasteiger partial charge < -0.3 is 10.5 Å². The van der Waals surface area contributed by atoms with Gasteiger partial charge in [-0.25, -0.2) is 0 Å². The van der Waals surface area contributed by atoms with Crippen molar-refractivity contribution in [2.24, 2.45) is 5.73 Å². The van der Waals surface area contributed by atoms with Gasteiger partial charge in [-0.05, 0) is 24.9 Å². The minimum absolute atomic E-state index is 0.0781. The van der Waals surface area contributed by atoms with E-state index in [2.05, 4.69) is 0 Å². The average Bonchev–Trinajstić information content (AvgIpc) is 2.55. The summed E-state index contributed by atoms with van der Waals surface area (Å²) in [5.74, 6) is -0.0781. The first kappa shape index (κ1) is 18.7. The van der Waals surface area contributed by atoms with Crippen LogP contribution in [-0.2, 0) is 16.1 Å². The van der Waals surface area contributed by atoms with Crippen LogP contribution in [0.1, 0.15) is 69.8 Å². The third kappa shape index (κ3) is 10.4. The van der Waals surface area contributed by atoms with Crippen molar-refractivity contribution in [1.82, 2.24) is 0 Å². The molecule has 1 aromatic carbocycles. The molecule has 0 fully saturated rings. The normalized spacial score (nSPS) is 10.6. The number of ether oxygens (including phenoxy) is 1. The molecule has 22 heavy (non-hydrogen) atoms. The van der Waals surface area contributed by atoms with Gasteiger partial charge in [0.05, 0.1) is 0 Å². The molecule has 1 aromatic rings. The molecule has 3 heteroatoms. The van der Waals surface area contributed by atoms with E-state index in [1.807, 2.05) is 30.3 Å². The Hall–Kier alpha value is -1.35. The van der Waals surface area contributed by atoms with E-state index in [0.29, 0.717) is 13.0 Å². The highest BCUT2D eigenvalue weighted by molar-refractivity contribution is 5.69. The standard InChI is InChI=1S/C19H31NO2/c20-16-12-7-5-3-1-2-4-6-11-15-19(21)22-17-18-13-9-8-10-14-18/h8-10,13-14H,1-7,11-12,15-17,20H2. The zero-order valence-corrected chi connectivity index (χ0v) is 13.8. The fourth-order valence-corrected chi connectivity index (χ4v) is 2.46. The lowest BCUT2D eigenvalue weighted by Crippen LogP contribution is -2.04. The molecule has 0 bridgehead atoms. The number of nitrogens with two attached hydrogens (primary N) is 1. The number of hydrogen-bond acceptors (Lipinski definition) is 3. The molecule has 0 aliphatic carbocycles. The highest BCUT2D eigenvalue weighted by Gasteiger charge is 2.03. The van der Waals surface area contributed by atoms with Crippen molar-refractivity contribution in [2.45, 2.75) is 70.8 Å². The summed E-state index contributed by atoms with van der Waals surface area (Å²) in [6.07, 6.45) is 11.5. The summed E-state index contributed by atoms with van der Waals surface area (Å²) in [5, 5.41) is 0. The lowest BCUT2D eigenvalue weighted by molar-refractivity contribution is -0.145. The maximum atomic E-state index is 11.6. The number of carbonyl (C=O) groups excluding carboxylic acids is 1. The number of rotatable bonds is 13. The molecule has 0 spiro atoms. The largest absolute Gasteiger partial charge is 0.461 e. The molecule has 0 saturated heterocycles. The van der Waals surface area contributed by atoms with Crippen LogP contribution in [0.5, 0.6) is 0 Å².